The van der Waals surface area contributed by atoms with Gasteiger partial charge in [-0.15, -0.1) is 5.10 Å². The minimum atomic E-state index is -4.61. The van der Waals surface area contributed by atoms with Crippen molar-refractivity contribution in [2.45, 2.75) is 32.0 Å². The SMILES string of the molecule is Cc1nc(NC(=O)c2cc(C(F)(F)F)nn2C2CC2)nn1-c1ccccc1. The summed E-state index contributed by atoms with van der Waals surface area (Å²) in [5.74, 6) is -0.184. The molecule has 27 heavy (non-hydrogen) atoms. The maximum Gasteiger partial charge on any atom is 0.435 e. The van der Waals surface area contributed by atoms with E-state index in [0.29, 0.717) is 18.7 Å². The van der Waals surface area contributed by atoms with E-state index in [0.717, 1.165) is 16.4 Å². The summed E-state index contributed by atoms with van der Waals surface area (Å²) in [6.07, 6.45) is -3.22. The van der Waals surface area contributed by atoms with Crippen LogP contribution in [0.1, 0.15) is 40.9 Å². The number of amides is 1. The number of hydrogen-bond donors (Lipinski definition) is 1. The summed E-state index contributed by atoms with van der Waals surface area (Å²) < 4.78 is 41.6. The van der Waals surface area contributed by atoms with Crippen molar-refractivity contribution in [3.8, 4) is 5.69 Å². The zero-order valence-electron chi connectivity index (χ0n) is 14.2. The number of nitrogens with zero attached hydrogens (tertiary/aromatic N) is 5. The molecule has 1 N–H and O–H groups in total. The van der Waals surface area contributed by atoms with E-state index in [9.17, 15) is 18.0 Å². The van der Waals surface area contributed by atoms with Crippen LogP contribution in [0.4, 0.5) is 19.1 Å². The molecule has 2 aromatic heterocycles. The Kier molecular flexibility index (Phi) is 3.97. The normalized spacial score (nSPS) is 14.4. The molecule has 2 heterocycles. The predicted octanol–water partition coefficient (Wildman–Crippen LogP) is 3.38. The number of carbonyl (C=O) groups excluding carboxylic acids is 1. The molecule has 7 nitrogen and oxygen atoms in total. The third kappa shape index (κ3) is 3.42. The average Bonchev–Trinajstić information content (AvgIpc) is 3.24. The number of rotatable bonds is 4. The molecule has 0 saturated heterocycles. The van der Waals surface area contributed by atoms with Gasteiger partial charge >= 0.3 is 6.18 Å². The summed E-state index contributed by atoms with van der Waals surface area (Å²) in [5.41, 5.74) is -0.484. The monoisotopic (exact) mass is 376 g/mol. The Morgan fingerprint density at radius 2 is 1.89 bits per heavy atom. The van der Waals surface area contributed by atoms with Crippen LogP contribution in [0.25, 0.3) is 5.69 Å². The summed E-state index contributed by atoms with van der Waals surface area (Å²) in [6.45, 7) is 1.71. The second kappa shape index (κ2) is 6.22. The fourth-order valence-corrected chi connectivity index (χ4v) is 2.72. The van der Waals surface area contributed by atoms with E-state index >= 15 is 0 Å². The second-order valence-corrected chi connectivity index (χ2v) is 6.27. The zero-order valence-corrected chi connectivity index (χ0v) is 14.2. The third-order valence-electron chi connectivity index (χ3n) is 4.15. The van der Waals surface area contributed by atoms with Crippen LogP contribution in [0.5, 0.6) is 0 Å². The molecular formula is C17H15F3N6O. The molecular weight excluding hydrogens is 361 g/mol. The molecule has 0 unspecified atom stereocenters. The Labute approximate surface area is 151 Å². The number of para-hydroxylation sites is 1. The Morgan fingerprint density at radius 3 is 2.52 bits per heavy atom. The Morgan fingerprint density at radius 1 is 1.19 bits per heavy atom. The molecule has 1 amide bonds. The first-order valence-corrected chi connectivity index (χ1v) is 8.30. The van der Waals surface area contributed by atoms with E-state index in [4.69, 9.17) is 0 Å². The van der Waals surface area contributed by atoms with Gasteiger partial charge in [0, 0.05) is 6.07 Å². The zero-order chi connectivity index (χ0) is 19.2. The molecule has 10 heteroatoms. The van der Waals surface area contributed by atoms with Crippen LogP contribution < -0.4 is 5.32 Å². The summed E-state index contributed by atoms with van der Waals surface area (Å²) in [4.78, 5) is 16.7. The number of carbonyl (C=O) groups is 1. The van der Waals surface area contributed by atoms with Gasteiger partial charge in [0.05, 0.1) is 11.7 Å². The predicted molar refractivity (Wildman–Crippen MR) is 89.5 cm³/mol. The van der Waals surface area contributed by atoms with Crippen LogP contribution in [-0.4, -0.2) is 30.5 Å². The molecule has 140 valence electrons. The number of hydrogen-bond acceptors (Lipinski definition) is 4. The lowest BCUT2D eigenvalue weighted by molar-refractivity contribution is -0.141. The quantitative estimate of drug-likeness (QED) is 0.757. The molecule has 1 saturated carbocycles. The second-order valence-electron chi connectivity index (χ2n) is 6.27. The minimum absolute atomic E-state index is 0.0125. The van der Waals surface area contributed by atoms with Crippen LogP contribution in [0.2, 0.25) is 0 Å². The molecule has 0 aliphatic heterocycles. The third-order valence-corrected chi connectivity index (χ3v) is 4.15. The van der Waals surface area contributed by atoms with Gasteiger partial charge in [-0.2, -0.15) is 23.3 Å². The van der Waals surface area contributed by atoms with Crippen molar-refractivity contribution in [3.05, 3.63) is 53.6 Å². The molecule has 1 fully saturated rings. The summed E-state index contributed by atoms with van der Waals surface area (Å²) >= 11 is 0. The number of anilines is 1. The van der Waals surface area contributed by atoms with Crippen LogP contribution in [0.15, 0.2) is 36.4 Å². The fourth-order valence-electron chi connectivity index (χ4n) is 2.72. The van der Waals surface area contributed by atoms with Crippen molar-refractivity contribution in [3.63, 3.8) is 0 Å². The summed E-state index contributed by atoms with van der Waals surface area (Å²) in [6, 6.07) is 9.75. The van der Waals surface area contributed by atoms with Gasteiger partial charge in [0.1, 0.15) is 11.5 Å². The number of aromatic nitrogens is 5. The largest absolute Gasteiger partial charge is 0.435 e. The standard InChI is InChI=1S/C17H15F3N6O/c1-10-21-16(24-25(10)11-5-3-2-4-6-11)22-15(27)13-9-14(17(18,19)20)23-26(13)12-7-8-12/h2-6,9,12H,7-8H2,1H3,(H,22,24,27). The Bertz CT molecular complexity index is 988. The highest BCUT2D eigenvalue weighted by Crippen LogP contribution is 2.38. The lowest BCUT2D eigenvalue weighted by Gasteiger charge is -2.04. The van der Waals surface area contributed by atoms with Gasteiger partial charge in [-0.1, -0.05) is 18.2 Å². The van der Waals surface area contributed by atoms with Gasteiger partial charge in [0.2, 0.25) is 5.95 Å². The number of benzene rings is 1. The van der Waals surface area contributed by atoms with Crippen molar-refractivity contribution in [2.75, 3.05) is 5.32 Å². The molecule has 1 aliphatic rings. The highest BCUT2D eigenvalue weighted by Gasteiger charge is 2.38. The smallest absolute Gasteiger partial charge is 0.288 e. The van der Waals surface area contributed by atoms with E-state index < -0.39 is 17.8 Å². The van der Waals surface area contributed by atoms with Crippen molar-refractivity contribution in [2.24, 2.45) is 0 Å². The highest BCUT2D eigenvalue weighted by molar-refractivity contribution is 6.02. The van der Waals surface area contributed by atoms with E-state index in [1.165, 1.54) is 4.68 Å². The molecule has 0 atom stereocenters. The summed E-state index contributed by atoms with van der Waals surface area (Å²) in [5, 5.41) is 10.2. The number of alkyl halides is 3. The Hall–Kier alpha value is -3.17. The molecule has 0 radical (unpaired) electrons. The Balaban J connectivity index is 1.61. The lowest BCUT2D eigenvalue weighted by atomic mass is 10.3. The maximum absolute atomic E-state index is 13.0. The number of nitrogens with one attached hydrogen (secondary N) is 1. The number of halogens is 3. The van der Waals surface area contributed by atoms with Crippen LogP contribution >= 0.6 is 0 Å². The van der Waals surface area contributed by atoms with Crippen LogP contribution in [0, 0.1) is 6.92 Å². The average molecular weight is 376 g/mol. The van der Waals surface area contributed by atoms with Crippen molar-refractivity contribution >= 4 is 11.9 Å². The first kappa shape index (κ1) is 17.3. The lowest BCUT2D eigenvalue weighted by Crippen LogP contribution is -2.18. The highest BCUT2D eigenvalue weighted by atomic mass is 19.4. The molecule has 1 aliphatic carbocycles. The molecule has 4 rings (SSSR count). The van der Waals surface area contributed by atoms with Crippen LogP contribution in [-0.2, 0) is 6.18 Å². The maximum atomic E-state index is 13.0. The van der Waals surface area contributed by atoms with Gasteiger partial charge in [-0.05, 0) is 31.9 Å². The fraction of sp³-hybridized carbons (Fsp3) is 0.294. The molecule has 3 aromatic rings. The van der Waals surface area contributed by atoms with Crippen molar-refractivity contribution in [1.82, 2.24) is 24.5 Å². The van der Waals surface area contributed by atoms with Gasteiger partial charge in [-0.3, -0.25) is 14.8 Å². The van der Waals surface area contributed by atoms with Gasteiger partial charge in [-0.25, -0.2) is 4.68 Å². The van der Waals surface area contributed by atoms with Gasteiger partial charge < -0.3 is 0 Å². The first-order chi connectivity index (χ1) is 12.8. The van der Waals surface area contributed by atoms with E-state index in [1.54, 1.807) is 6.92 Å². The molecule has 0 bridgehead atoms. The minimum Gasteiger partial charge on any atom is -0.288 e. The van der Waals surface area contributed by atoms with E-state index in [-0.39, 0.29) is 17.7 Å². The molecule has 0 spiro atoms. The van der Waals surface area contributed by atoms with E-state index in [2.05, 4.69) is 20.5 Å². The van der Waals surface area contributed by atoms with Gasteiger partial charge in [0.25, 0.3) is 5.91 Å². The first-order valence-electron chi connectivity index (χ1n) is 8.30. The number of aryl methyl sites for hydroxylation is 1. The summed E-state index contributed by atoms with van der Waals surface area (Å²) in [7, 11) is 0. The topological polar surface area (TPSA) is 77.6 Å². The van der Waals surface area contributed by atoms with Crippen molar-refractivity contribution in [1.29, 1.82) is 0 Å². The van der Waals surface area contributed by atoms with Crippen molar-refractivity contribution < 1.29 is 18.0 Å². The molecule has 1 aromatic carbocycles. The van der Waals surface area contributed by atoms with Gasteiger partial charge in [0.15, 0.2) is 5.69 Å². The van der Waals surface area contributed by atoms with E-state index in [1.807, 2.05) is 30.3 Å². The van der Waals surface area contributed by atoms with Crippen LogP contribution in [0.3, 0.4) is 0 Å².